The Labute approximate surface area is 119 Å². The molecule has 1 heterocycles. The molecule has 0 saturated carbocycles. The van der Waals surface area contributed by atoms with Crippen LogP contribution < -0.4 is 5.73 Å². The second-order valence-electron chi connectivity index (χ2n) is 4.36. The molecule has 100 valence electrons. The van der Waals surface area contributed by atoms with Crippen LogP contribution in [-0.2, 0) is 0 Å². The minimum Gasteiger partial charge on any atom is -0.368 e. The summed E-state index contributed by atoms with van der Waals surface area (Å²) in [6, 6.07) is 1.47. The fourth-order valence-corrected chi connectivity index (χ4v) is 2.17. The van der Waals surface area contributed by atoms with Crippen molar-refractivity contribution in [2.75, 3.05) is 5.73 Å². The van der Waals surface area contributed by atoms with E-state index < -0.39 is 0 Å². The summed E-state index contributed by atoms with van der Waals surface area (Å²) in [6.45, 7) is 5.52. The highest BCUT2D eigenvalue weighted by molar-refractivity contribution is 9.10. The number of imidazole rings is 1. The Bertz CT molecular complexity index is 661. The van der Waals surface area contributed by atoms with Crippen LogP contribution in [0.1, 0.15) is 22.4 Å². The zero-order valence-electron chi connectivity index (χ0n) is 10.9. The number of nitrogens with zero attached hydrogens (tertiary/aromatic N) is 3. The third-order valence-electron chi connectivity index (χ3n) is 2.86. The van der Waals surface area contributed by atoms with Gasteiger partial charge < -0.3 is 5.73 Å². The van der Waals surface area contributed by atoms with Crippen molar-refractivity contribution in [1.82, 2.24) is 9.66 Å². The minimum atomic E-state index is -0.273. The number of aromatic nitrogens is 2. The van der Waals surface area contributed by atoms with Gasteiger partial charge in [-0.1, -0.05) is 0 Å². The molecule has 0 aliphatic carbocycles. The number of aryl methyl sites for hydroxylation is 2. The van der Waals surface area contributed by atoms with Crippen LogP contribution in [0.2, 0.25) is 0 Å². The zero-order valence-corrected chi connectivity index (χ0v) is 12.5. The SMILES string of the molecule is Cc1cn(N=Cc2c(C)cc(F)c(Br)c2C)c(N)n1. The first kappa shape index (κ1) is 13.7. The second kappa shape index (κ2) is 5.13. The van der Waals surface area contributed by atoms with Crippen LogP contribution in [0.5, 0.6) is 0 Å². The van der Waals surface area contributed by atoms with E-state index in [1.54, 1.807) is 12.4 Å². The molecular formula is C13H14BrFN4. The molecule has 19 heavy (non-hydrogen) atoms. The van der Waals surface area contributed by atoms with Gasteiger partial charge >= 0.3 is 0 Å². The molecule has 2 aromatic rings. The van der Waals surface area contributed by atoms with Crippen molar-refractivity contribution in [3.63, 3.8) is 0 Å². The molecule has 0 aliphatic rings. The molecule has 4 nitrogen and oxygen atoms in total. The Morgan fingerprint density at radius 1 is 1.42 bits per heavy atom. The zero-order chi connectivity index (χ0) is 14.2. The molecule has 2 N–H and O–H groups in total. The average molecular weight is 325 g/mol. The summed E-state index contributed by atoms with van der Waals surface area (Å²) >= 11 is 3.23. The van der Waals surface area contributed by atoms with E-state index in [9.17, 15) is 4.39 Å². The third kappa shape index (κ3) is 2.68. The number of hydrogen-bond acceptors (Lipinski definition) is 3. The highest BCUT2D eigenvalue weighted by Gasteiger charge is 2.10. The van der Waals surface area contributed by atoms with Crippen molar-refractivity contribution in [3.05, 3.63) is 44.9 Å². The molecule has 0 aliphatic heterocycles. The van der Waals surface area contributed by atoms with Crippen molar-refractivity contribution in [2.45, 2.75) is 20.8 Å². The normalized spacial score (nSPS) is 11.4. The predicted molar refractivity (Wildman–Crippen MR) is 77.9 cm³/mol. The molecule has 0 bridgehead atoms. The summed E-state index contributed by atoms with van der Waals surface area (Å²) in [5, 5.41) is 4.25. The van der Waals surface area contributed by atoms with Gasteiger partial charge in [-0.25, -0.2) is 14.1 Å². The Hall–Kier alpha value is -1.69. The molecule has 2 rings (SSSR count). The van der Waals surface area contributed by atoms with Gasteiger partial charge in [0.2, 0.25) is 5.95 Å². The molecule has 0 saturated heterocycles. The summed E-state index contributed by atoms with van der Waals surface area (Å²) < 4.78 is 15.5. The smallest absolute Gasteiger partial charge is 0.221 e. The molecule has 0 radical (unpaired) electrons. The molecule has 0 amide bonds. The van der Waals surface area contributed by atoms with Crippen LogP contribution in [-0.4, -0.2) is 15.9 Å². The maximum atomic E-state index is 13.5. The molecule has 1 aromatic carbocycles. The van der Waals surface area contributed by atoms with Crippen LogP contribution >= 0.6 is 15.9 Å². The van der Waals surface area contributed by atoms with E-state index in [0.29, 0.717) is 10.4 Å². The number of hydrogen-bond donors (Lipinski definition) is 1. The first-order valence-corrected chi connectivity index (χ1v) is 6.50. The maximum Gasteiger partial charge on any atom is 0.221 e. The van der Waals surface area contributed by atoms with Crippen LogP contribution in [0.15, 0.2) is 21.8 Å². The maximum absolute atomic E-state index is 13.5. The lowest BCUT2D eigenvalue weighted by molar-refractivity contribution is 0.618. The predicted octanol–water partition coefficient (Wildman–Crippen LogP) is 3.17. The van der Waals surface area contributed by atoms with Crippen LogP contribution in [0.25, 0.3) is 0 Å². The summed E-state index contributed by atoms with van der Waals surface area (Å²) in [4.78, 5) is 4.06. The van der Waals surface area contributed by atoms with Crippen molar-refractivity contribution < 1.29 is 4.39 Å². The number of halogens is 2. The fraction of sp³-hybridized carbons (Fsp3) is 0.231. The quantitative estimate of drug-likeness (QED) is 0.862. The highest BCUT2D eigenvalue weighted by atomic mass is 79.9. The van der Waals surface area contributed by atoms with E-state index in [4.69, 9.17) is 5.73 Å². The minimum absolute atomic E-state index is 0.273. The van der Waals surface area contributed by atoms with Gasteiger partial charge in [-0.05, 0) is 53.9 Å². The summed E-state index contributed by atoms with van der Waals surface area (Å²) in [5.74, 6) is 0.0513. The largest absolute Gasteiger partial charge is 0.368 e. The van der Waals surface area contributed by atoms with E-state index >= 15 is 0 Å². The lowest BCUT2D eigenvalue weighted by Gasteiger charge is -2.08. The van der Waals surface area contributed by atoms with E-state index in [0.717, 1.165) is 22.4 Å². The van der Waals surface area contributed by atoms with Crippen molar-refractivity contribution in [2.24, 2.45) is 5.10 Å². The van der Waals surface area contributed by atoms with E-state index in [-0.39, 0.29) is 5.82 Å². The van der Waals surface area contributed by atoms with Gasteiger partial charge in [-0.3, -0.25) is 0 Å². The van der Waals surface area contributed by atoms with Crippen molar-refractivity contribution in [3.8, 4) is 0 Å². The van der Waals surface area contributed by atoms with E-state index in [2.05, 4.69) is 26.0 Å². The van der Waals surface area contributed by atoms with Gasteiger partial charge in [0.15, 0.2) is 0 Å². The van der Waals surface area contributed by atoms with Gasteiger partial charge in [0.05, 0.1) is 22.6 Å². The monoisotopic (exact) mass is 324 g/mol. The Kier molecular flexibility index (Phi) is 3.71. The second-order valence-corrected chi connectivity index (χ2v) is 5.15. The molecular weight excluding hydrogens is 311 g/mol. The standard InChI is InChI=1S/C13H14BrFN4/c1-7-4-11(15)12(14)9(3)10(7)5-17-19-6-8(2)18-13(19)16/h4-6H,1-3H3,(H2,16,18). The number of nitrogen functional groups attached to an aromatic ring is 1. The average Bonchev–Trinajstić information content (AvgIpc) is 2.65. The van der Waals surface area contributed by atoms with E-state index in [1.807, 2.05) is 20.8 Å². The Morgan fingerprint density at radius 2 is 2.11 bits per heavy atom. The number of nitrogens with two attached hydrogens (primary N) is 1. The van der Waals surface area contributed by atoms with Crippen LogP contribution in [0, 0.1) is 26.6 Å². The first-order valence-electron chi connectivity index (χ1n) is 5.71. The number of anilines is 1. The lowest BCUT2D eigenvalue weighted by Crippen LogP contribution is -2.00. The molecule has 0 atom stereocenters. The number of benzene rings is 1. The summed E-state index contributed by atoms with van der Waals surface area (Å²) in [6.07, 6.45) is 3.39. The van der Waals surface area contributed by atoms with Crippen molar-refractivity contribution >= 4 is 28.1 Å². The Morgan fingerprint density at radius 3 is 2.68 bits per heavy atom. The van der Waals surface area contributed by atoms with Gasteiger partial charge in [0.25, 0.3) is 0 Å². The summed E-state index contributed by atoms with van der Waals surface area (Å²) in [5.41, 5.74) is 8.98. The molecule has 0 spiro atoms. The fourth-order valence-electron chi connectivity index (χ4n) is 1.84. The number of rotatable bonds is 2. The molecule has 0 fully saturated rings. The topological polar surface area (TPSA) is 56.2 Å². The van der Waals surface area contributed by atoms with E-state index in [1.165, 1.54) is 10.7 Å². The van der Waals surface area contributed by atoms with Crippen molar-refractivity contribution in [1.29, 1.82) is 0 Å². The van der Waals surface area contributed by atoms with Gasteiger partial charge in [-0.15, -0.1) is 0 Å². The first-order chi connectivity index (χ1) is 8.90. The molecule has 0 unspecified atom stereocenters. The van der Waals surface area contributed by atoms with Crippen LogP contribution in [0.4, 0.5) is 10.3 Å². The van der Waals surface area contributed by atoms with Gasteiger partial charge in [0, 0.05) is 5.56 Å². The van der Waals surface area contributed by atoms with Crippen LogP contribution in [0.3, 0.4) is 0 Å². The summed E-state index contributed by atoms with van der Waals surface area (Å²) in [7, 11) is 0. The lowest BCUT2D eigenvalue weighted by atomic mass is 10.0. The molecule has 1 aromatic heterocycles. The van der Waals surface area contributed by atoms with Gasteiger partial charge in [-0.2, -0.15) is 5.10 Å². The van der Waals surface area contributed by atoms with Gasteiger partial charge in [0.1, 0.15) is 5.82 Å². The third-order valence-corrected chi connectivity index (χ3v) is 3.83. The highest BCUT2D eigenvalue weighted by Crippen LogP contribution is 2.25. The molecule has 6 heteroatoms. The Balaban J connectivity index is 2.44.